The van der Waals surface area contributed by atoms with Crippen LogP contribution in [0.15, 0.2) is 0 Å². The van der Waals surface area contributed by atoms with Gasteiger partial charge in [-0.1, -0.05) is 33.1 Å². The molecule has 0 saturated carbocycles. The summed E-state index contributed by atoms with van der Waals surface area (Å²) < 4.78 is 5.09. The lowest BCUT2D eigenvalue weighted by Crippen LogP contribution is -2.35. The number of carbonyl (C=O) groups excluding carboxylic acids is 1. The first kappa shape index (κ1) is 15.4. The number of rotatable bonds is 9. The summed E-state index contributed by atoms with van der Waals surface area (Å²) in [4.78, 5) is 11.4. The molecule has 0 fully saturated rings. The molecule has 0 radical (unpaired) electrons. The van der Waals surface area contributed by atoms with Gasteiger partial charge in [0.2, 0.25) is 0 Å². The summed E-state index contributed by atoms with van der Waals surface area (Å²) in [6.45, 7) is 5.17. The molecule has 4 nitrogen and oxygen atoms in total. The average Bonchev–Trinajstić information content (AvgIpc) is 2.28. The van der Waals surface area contributed by atoms with Gasteiger partial charge in [0.15, 0.2) is 0 Å². The third kappa shape index (κ3) is 7.65. The molecular formula is C12H26N2O2. The number of hydrogen-bond donors (Lipinski definition) is 2. The van der Waals surface area contributed by atoms with Gasteiger partial charge in [-0.2, -0.15) is 0 Å². The number of unbranched alkanes of at least 4 members (excludes halogenated alkanes) is 3. The molecule has 2 unspecified atom stereocenters. The van der Waals surface area contributed by atoms with E-state index in [1.54, 1.807) is 0 Å². The van der Waals surface area contributed by atoms with Crippen LogP contribution in [0.25, 0.3) is 0 Å². The fourth-order valence-corrected chi connectivity index (χ4v) is 1.43. The topological polar surface area (TPSA) is 78.3 Å². The van der Waals surface area contributed by atoms with Crippen LogP contribution < -0.4 is 11.5 Å². The molecule has 0 aromatic heterocycles. The summed E-state index contributed by atoms with van der Waals surface area (Å²) in [5, 5.41) is 0. The van der Waals surface area contributed by atoms with Crippen molar-refractivity contribution in [1.29, 1.82) is 0 Å². The fourth-order valence-electron chi connectivity index (χ4n) is 1.43. The molecule has 2 atom stereocenters. The number of carbonyl (C=O) groups is 1. The van der Waals surface area contributed by atoms with Gasteiger partial charge in [-0.15, -0.1) is 0 Å². The molecule has 0 aliphatic rings. The van der Waals surface area contributed by atoms with Gasteiger partial charge in [0.1, 0.15) is 6.04 Å². The molecule has 0 rings (SSSR count). The quantitative estimate of drug-likeness (QED) is 0.464. The molecule has 4 heteroatoms. The van der Waals surface area contributed by atoms with Crippen LogP contribution in [0.4, 0.5) is 0 Å². The van der Waals surface area contributed by atoms with E-state index in [0.717, 1.165) is 12.8 Å². The zero-order valence-electron chi connectivity index (χ0n) is 10.6. The highest BCUT2D eigenvalue weighted by molar-refractivity contribution is 5.75. The summed E-state index contributed by atoms with van der Waals surface area (Å²) in [6, 6.07) is -0.523. The third-order valence-corrected chi connectivity index (χ3v) is 2.60. The maximum Gasteiger partial charge on any atom is 0.322 e. The molecule has 4 N–H and O–H groups in total. The highest BCUT2D eigenvalue weighted by Gasteiger charge is 2.17. The Hall–Kier alpha value is -0.610. The van der Waals surface area contributed by atoms with Crippen LogP contribution in [0.1, 0.15) is 46.0 Å². The van der Waals surface area contributed by atoms with Gasteiger partial charge in [-0.05, 0) is 25.3 Å². The maximum absolute atomic E-state index is 11.4. The zero-order chi connectivity index (χ0) is 12.4. The summed E-state index contributed by atoms with van der Waals surface area (Å²) in [7, 11) is 0. The summed E-state index contributed by atoms with van der Waals surface area (Å²) >= 11 is 0. The molecule has 0 aromatic carbocycles. The monoisotopic (exact) mass is 230 g/mol. The van der Waals surface area contributed by atoms with Gasteiger partial charge in [-0.3, -0.25) is 4.79 Å². The van der Waals surface area contributed by atoms with Crippen molar-refractivity contribution in [2.45, 2.75) is 52.0 Å². The van der Waals surface area contributed by atoms with Crippen LogP contribution in [0, 0.1) is 5.92 Å². The van der Waals surface area contributed by atoms with E-state index in [4.69, 9.17) is 16.2 Å². The van der Waals surface area contributed by atoms with E-state index in [2.05, 4.69) is 6.92 Å². The third-order valence-electron chi connectivity index (χ3n) is 2.60. The molecule has 0 bridgehead atoms. The van der Waals surface area contributed by atoms with E-state index >= 15 is 0 Å². The number of nitrogens with two attached hydrogens (primary N) is 2. The van der Waals surface area contributed by atoms with Gasteiger partial charge >= 0.3 is 5.97 Å². The number of esters is 1. The van der Waals surface area contributed by atoms with Crippen molar-refractivity contribution in [2.75, 3.05) is 13.2 Å². The minimum Gasteiger partial charge on any atom is -0.465 e. The van der Waals surface area contributed by atoms with Crippen LogP contribution in [0.3, 0.4) is 0 Å². The van der Waals surface area contributed by atoms with E-state index in [0.29, 0.717) is 19.6 Å². The predicted octanol–water partition coefficient (Wildman–Crippen LogP) is 1.42. The second kappa shape index (κ2) is 9.60. The van der Waals surface area contributed by atoms with Crippen molar-refractivity contribution in [3.05, 3.63) is 0 Å². The first-order chi connectivity index (χ1) is 7.61. The molecule has 96 valence electrons. The van der Waals surface area contributed by atoms with Crippen molar-refractivity contribution >= 4 is 5.97 Å². The number of ether oxygens (including phenoxy) is 1. The van der Waals surface area contributed by atoms with Crippen molar-refractivity contribution in [3.8, 4) is 0 Å². The molecule has 0 aliphatic carbocycles. The zero-order valence-corrected chi connectivity index (χ0v) is 10.6. The van der Waals surface area contributed by atoms with Crippen molar-refractivity contribution in [2.24, 2.45) is 17.4 Å². The molecule has 0 spiro atoms. The predicted molar refractivity (Wildman–Crippen MR) is 65.9 cm³/mol. The van der Waals surface area contributed by atoms with E-state index < -0.39 is 6.04 Å². The van der Waals surface area contributed by atoms with Gasteiger partial charge in [0.25, 0.3) is 0 Å². The summed E-state index contributed by atoms with van der Waals surface area (Å²) in [6.07, 6.45) is 5.01. The lowest BCUT2D eigenvalue weighted by molar-refractivity contribution is -0.145. The fraction of sp³-hybridized carbons (Fsp3) is 0.917. The summed E-state index contributed by atoms with van der Waals surface area (Å²) in [5.74, 6) is -0.0283. The SMILES string of the molecule is CCCCCCOC(=O)C(N)CC(C)CN. The standard InChI is InChI=1S/C12H26N2O2/c1-3-4-5-6-7-16-12(15)11(14)8-10(2)9-13/h10-11H,3-9,13-14H2,1-2H3. The molecule has 0 aliphatic heterocycles. The largest absolute Gasteiger partial charge is 0.465 e. The second-order valence-corrected chi connectivity index (χ2v) is 4.41. The number of hydrogen-bond acceptors (Lipinski definition) is 4. The van der Waals surface area contributed by atoms with E-state index in [9.17, 15) is 4.79 Å². The minimum absolute atomic E-state index is 0.266. The minimum atomic E-state index is -0.523. The molecule has 0 amide bonds. The van der Waals surface area contributed by atoms with Gasteiger partial charge in [0.05, 0.1) is 6.61 Å². The first-order valence-electron chi connectivity index (χ1n) is 6.24. The van der Waals surface area contributed by atoms with E-state index in [-0.39, 0.29) is 11.9 Å². The Labute approximate surface area is 98.7 Å². The Morgan fingerprint density at radius 3 is 2.56 bits per heavy atom. The smallest absolute Gasteiger partial charge is 0.322 e. The maximum atomic E-state index is 11.4. The first-order valence-corrected chi connectivity index (χ1v) is 6.24. The normalized spacial score (nSPS) is 14.5. The van der Waals surface area contributed by atoms with Crippen LogP contribution in [0.5, 0.6) is 0 Å². The Balaban J connectivity index is 3.55. The van der Waals surface area contributed by atoms with E-state index in [1.807, 2.05) is 6.92 Å². The van der Waals surface area contributed by atoms with E-state index in [1.165, 1.54) is 12.8 Å². The molecule has 0 saturated heterocycles. The van der Waals surface area contributed by atoms with Crippen LogP contribution >= 0.6 is 0 Å². The van der Waals surface area contributed by atoms with Crippen LogP contribution in [-0.4, -0.2) is 25.2 Å². The van der Waals surface area contributed by atoms with Crippen LogP contribution in [0.2, 0.25) is 0 Å². The highest BCUT2D eigenvalue weighted by atomic mass is 16.5. The highest BCUT2D eigenvalue weighted by Crippen LogP contribution is 2.05. The van der Waals surface area contributed by atoms with Gasteiger partial charge < -0.3 is 16.2 Å². The second-order valence-electron chi connectivity index (χ2n) is 4.41. The lowest BCUT2D eigenvalue weighted by atomic mass is 10.0. The van der Waals surface area contributed by atoms with Crippen LogP contribution in [-0.2, 0) is 9.53 Å². The molecule has 0 heterocycles. The lowest BCUT2D eigenvalue weighted by Gasteiger charge is -2.14. The van der Waals surface area contributed by atoms with Crippen molar-refractivity contribution in [3.63, 3.8) is 0 Å². The molecule has 16 heavy (non-hydrogen) atoms. The summed E-state index contributed by atoms with van der Waals surface area (Å²) in [5.41, 5.74) is 11.2. The van der Waals surface area contributed by atoms with Crippen molar-refractivity contribution < 1.29 is 9.53 Å². The average molecular weight is 230 g/mol. The Morgan fingerprint density at radius 1 is 1.31 bits per heavy atom. The Morgan fingerprint density at radius 2 is 2.00 bits per heavy atom. The molecular weight excluding hydrogens is 204 g/mol. The van der Waals surface area contributed by atoms with Gasteiger partial charge in [0, 0.05) is 0 Å². The Kier molecular flexibility index (Phi) is 9.24. The Bertz CT molecular complexity index is 186. The molecule has 0 aromatic rings. The van der Waals surface area contributed by atoms with Gasteiger partial charge in [-0.25, -0.2) is 0 Å². The van der Waals surface area contributed by atoms with Crippen molar-refractivity contribution in [1.82, 2.24) is 0 Å².